The van der Waals surface area contributed by atoms with Gasteiger partial charge in [0.2, 0.25) is 0 Å². The summed E-state index contributed by atoms with van der Waals surface area (Å²) in [5, 5.41) is 0. The van der Waals surface area contributed by atoms with E-state index >= 15 is 0 Å². The molecule has 0 amide bonds. The van der Waals surface area contributed by atoms with Gasteiger partial charge in [0, 0.05) is 30.9 Å². The highest BCUT2D eigenvalue weighted by Crippen LogP contribution is 2.35. The number of allylic oxidation sites excluding steroid dienone is 6. The first kappa shape index (κ1) is 32.1. The lowest BCUT2D eigenvalue weighted by Crippen LogP contribution is -2.27. The number of rotatable bonds is 17. The molecule has 0 bridgehead atoms. The van der Waals surface area contributed by atoms with Crippen LogP contribution in [0.5, 0.6) is 0 Å². The number of nitrogens with zero attached hydrogens (tertiary/aromatic N) is 3. The summed E-state index contributed by atoms with van der Waals surface area (Å²) in [6.45, 7) is 23.6. The first-order chi connectivity index (χ1) is 18.6. The molecule has 0 aromatic heterocycles. The van der Waals surface area contributed by atoms with E-state index in [2.05, 4.69) is 95.5 Å². The van der Waals surface area contributed by atoms with Gasteiger partial charge in [-0.15, -0.1) is 0 Å². The summed E-state index contributed by atoms with van der Waals surface area (Å²) in [4.78, 5) is 9.68. The van der Waals surface area contributed by atoms with Gasteiger partial charge in [-0.05, 0) is 89.1 Å². The molecule has 1 saturated carbocycles. The van der Waals surface area contributed by atoms with E-state index in [-0.39, 0.29) is 6.04 Å². The molecule has 1 aromatic carbocycles. The number of aryl methyl sites for hydroxylation is 1. The van der Waals surface area contributed by atoms with Gasteiger partial charge in [0.15, 0.2) is 0 Å². The maximum Gasteiger partial charge on any atom is 0.138 e. The van der Waals surface area contributed by atoms with E-state index in [1.54, 1.807) is 0 Å². The molecule has 39 heavy (non-hydrogen) atoms. The number of benzene rings is 1. The van der Waals surface area contributed by atoms with Crippen LogP contribution in [0.15, 0.2) is 107 Å². The minimum Gasteiger partial charge on any atom is -0.375 e. The van der Waals surface area contributed by atoms with Crippen LogP contribution < -0.4 is 0 Å². The molecule has 1 fully saturated rings. The van der Waals surface area contributed by atoms with Crippen LogP contribution in [0.25, 0.3) is 0 Å². The largest absolute Gasteiger partial charge is 0.375 e. The first-order valence-electron chi connectivity index (χ1n) is 14.4. The molecule has 0 heterocycles. The van der Waals surface area contributed by atoms with Crippen LogP contribution in [0, 0.1) is 5.92 Å². The molecular weight excluding hydrogens is 481 g/mol. The Kier molecular flexibility index (Phi) is 13.2. The van der Waals surface area contributed by atoms with Crippen LogP contribution in [0.4, 0.5) is 4.39 Å². The Balaban J connectivity index is 2.73. The standard InChI is InChI=1S/C35H50FN3/c1-10-25-38(9)30(8)29(7)35(39(11-2)26(3)4)37-34(24-22-31-15-13-12-14-16-31)33(23-18-28(6)36)27(5)17-19-32-20-21-32/h11-16,18,23,26,32H,2,6,8,10,17,19-22,24-25H2,1,3-5,7,9H3/b23-18-,33-27-,35-29-,37-34+. The molecule has 0 aliphatic heterocycles. The van der Waals surface area contributed by atoms with Crippen LogP contribution in [0.1, 0.15) is 78.7 Å². The normalized spacial score (nSPS) is 15.2. The topological polar surface area (TPSA) is 18.8 Å². The predicted octanol–water partition coefficient (Wildman–Crippen LogP) is 9.55. The van der Waals surface area contributed by atoms with Gasteiger partial charge < -0.3 is 9.80 Å². The Morgan fingerprint density at radius 3 is 2.31 bits per heavy atom. The molecule has 0 saturated heterocycles. The average molecular weight is 532 g/mol. The van der Waals surface area contributed by atoms with Gasteiger partial charge in [-0.25, -0.2) is 9.38 Å². The van der Waals surface area contributed by atoms with E-state index in [9.17, 15) is 4.39 Å². The van der Waals surface area contributed by atoms with Gasteiger partial charge in [-0.3, -0.25) is 0 Å². The monoisotopic (exact) mass is 531 g/mol. The van der Waals surface area contributed by atoms with E-state index in [0.29, 0.717) is 0 Å². The molecule has 0 radical (unpaired) electrons. The van der Waals surface area contributed by atoms with E-state index in [1.165, 1.54) is 30.1 Å². The van der Waals surface area contributed by atoms with Crippen LogP contribution >= 0.6 is 0 Å². The minimum absolute atomic E-state index is 0.153. The molecule has 0 spiro atoms. The molecule has 2 rings (SSSR count). The summed E-state index contributed by atoms with van der Waals surface area (Å²) in [6, 6.07) is 10.6. The summed E-state index contributed by atoms with van der Waals surface area (Å²) >= 11 is 0. The van der Waals surface area contributed by atoms with Crippen LogP contribution in [0.3, 0.4) is 0 Å². The second kappa shape index (κ2) is 16.1. The van der Waals surface area contributed by atoms with Crippen molar-refractivity contribution in [1.82, 2.24) is 9.80 Å². The second-order valence-corrected chi connectivity index (χ2v) is 11.0. The highest BCUT2D eigenvalue weighted by atomic mass is 19.1. The number of hydrogen-bond donors (Lipinski definition) is 0. The zero-order chi connectivity index (χ0) is 28.9. The van der Waals surface area contributed by atoms with Crippen molar-refractivity contribution in [2.24, 2.45) is 10.9 Å². The Morgan fingerprint density at radius 1 is 1.10 bits per heavy atom. The fourth-order valence-corrected chi connectivity index (χ4v) is 4.67. The van der Waals surface area contributed by atoms with Crippen LogP contribution in [-0.4, -0.2) is 35.1 Å². The lowest BCUT2D eigenvalue weighted by atomic mass is 9.94. The number of aliphatic imine (C=N–C) groups is 1. The van der Waals surface area contributed by atoms with Crippen LogP contribution in [-0.2, 0) is 6.42 Å². The number of likely N-dealkylation sites (N-methyl/N-ethyl adjacent to an activating group) is 1. The summed E-state index contributed by atoms with van der Waals surface area (Å²) < 4.78 is 13.9. The van der Waals surface area contributed by atoms with Gasteiger partial charge in [0.25, 0.3) is 0 Å². The Bertz CT molecular complexity index is 1100. The van der Waals surface area contributed by atoms with E-state index in [1.807, 2.05) is 18.3 Å². The SMILES string of the molecule is C=CN(C(/N=C(CCc1ccccc1)/C(/C=C\C(=C)F)=C(/C)CCC1CC1)=C(/C)C(=C)N(C)CCC)C(C)C. The second-order valence-electron chi connectivity index (χ2n) is 11.0. The molecule has 0 N–H and O–H groups in total. The van der Waals surface area contributed by atoms with E-state index < -0.39 is 5.83 Å². The van der Waals surface area contributed by atoms with Crippen molar-refractivity contribution in [1.29, 1.82) is 0 Å². The number of hydrogen-bond acceptors (Lipinski definition) is 3. The Labute approximate surface area is 237 Å². The van der Waals surface area contributed by atoms with Gasteiger partial charge in [0.1, 0.15) is 11.6 Å². The predicted molar refractivity (Wildman–Crippen MR) is 168 cm³/mol. The van der Waals surface area contributed by atoms with Crippen molar-refractivity contribution < 1.29 is 4.39 Å². The molecular formula is C35H50FN3. The molecule has 4 heteroatoms. The molecule has 3 nitrogen and oxygen atoms in total. The zero-order valence-electron chi connectivity index (χ0n) is 25.3. The molecule has 0 atom stereocenters. The van der Waals surface area contributed by atoms with Gasteiger partial charge in [-0.1, -0.05) is 81.5 Å². The molecule has 0 unspecified atom stereocenters. The molecule has 1 aliphatic carbocycles. The van der Waals surface area contributed by atoms with E-state index in [0.717, 1.165) is 72.9 Å². The average Bonchev–Trinajstić information content (AvgIpc) is 3.74. The van der Waals surface area contributed by atoms with E-state index in [4.69, 9.17) is 4.99 Å². The summed E-state index contributed by atoms with van der Waals surface area (Å²) in [7, 11) is 2.07. The summed E-state index contributed by atoms with van der Waals surface area (Å²) in [5.74, 6) is 1.19. The smallest absolute Gasteiger partial charge is 0.138 e. The Morgan fingerprint density at radius 2 is 1.77 bits per heavy atom. The maximum atomic E-state index is 13.9. The van der Waals surface area contributed by atoms with Gasteiger partial charge in [-0.2, -0.15) is 0 Å². The lowest BCUT2D eigenvalue weighted by molar-refractivity contribution is 0.371. The van der Waals surface area contributed by atoms with Gasteiger partial charge in [0.05, 0.1) is 5.71 Å². The molecule has 1 aromatic rings. The third-order valence-electron chi connectivity index (χ3n) is 7.35. The van der Waals surface area contributed by atoms with Gasteiger partial charge >= 0.3 is 0 Å². The van der Waals surface area contributed by atoms with Crippen molar-refractivity contribution in [3.05, 3.63) is 108 Å². The fourth-order valence-electron chi connectivity index (χ4n) is 4.67. The fraction of sp³-hybridized carbons (Fsp3) is 0.457. The van der Waals surface area contributed by atoms with Crippen molar-refractivity contribution in [2.45, 2.75) is 85.6 Å². The van der Waals surface area contributed by atoms with Crippen molar-refractivity contribution in [3.8, 4) is 0 Å². The highest BCUT2D eigenvalue weighted by molar-refractivity contribution is 6.04. The van der Waals surface area contributed by atoms with Crippen molar-refractivity contribution in [3.63, 3.8) is 0 Å². The summed E-state index contributed by atoms with van der Waals surface area (Å²) in [6.07, 6.45) is 12.5. The third-order valence-corrected chi connectivity index (χ3v) is 7.35. The lowest BCUT2D eigenvalue weighted by Gasteiger charge is -2.30. The first-order valence-corrected chi connectivity index (χ1v) is 14.4. The number of halogens is 1. The highest BCUT2D eigenvalue weighted by Gasteiger charge is 2.22. The third kappa shape index (κ3) is 10.5. The summed E-state index contributed by atoms with van der Waals surface area (Å²) in [5.41, 5.74) is 6.37. The van der Waals surface area contributed by atoms with Crippen LogP contribution in [0.2, 0.25) is 0 Å². The maximum absolute atomic E-state index is 13.9. The molecule has 1 aliphatic rings. The molecule has 212 valence electrons. The van der Waals surface area contributed by atoms with Crippen molar-refractivity contribution >= 4 is 5.71 Å². The Hall–Kier alpha value is -3.14. The quantitative estimate of drug-likeness (QED) is 0.147. The van der Waals surface area contributed by atoms with Crippen molar-refractivity contribution in [2.75, 3.05) is 13.6 Å². The minimum atomic E-state index is -0.457. The zero-order valence-corrected chi connectivity index (χ0v) is 25.3.